The highest BCUT2D eigenvalue weighted by Gasteiger charge is 2.34. The summed E-state index contributed by atoms with van der Waals surface area (Å²) in [4.78, 5) is 37.3. The highest BCUT2D eigenvalue weighted by molar-refractivity contribution is 7.99. The van der Waals surface area contributed by atoms with Gasteiger partial charge in [0.25, 0.3) is 0 Å². The average molecular weight is 444 g/mol. The molecule has 2 heterocycles. The third kappa shape index (κ3) is 7.01. The Bertz CT molecular complexity index is 728. The Morgan fingerprint density at radius 3 is 2.69 bits per heavy atom. The second-order valence-electron chi connectivity index (χ2n) is 8.01. The molecular formula is C19H30ClN5O3S. The number of carbonyl (C=O) groups excluding carboxylic acids is 2. The van der Waals surface area contributed by atoms with Crippen LogP contribution in [0.3, 0.4) is 0 Å². The Morgan fingerprint density at radius 1 is 1.34 bits per heavy atom. The monoisotopic (exact) mass is 443 g/mol. The Balaban J connectivity index is 1.99. The van der Waals surface area contributed by atoms with Gasteiger partial charge in [0.15, 0.2) is 5.16 Å². The first-order chi connectivity index (χ1) is 13.6. The summed E-state index contributed by atoms with van der Waals surface area (Å²) in [5.41, 5.74) is -0.401. The van der Waals surface area contributed by atoms with Crippen molar-refractivity contribution in [1.29, 1.82) is 0 Å². The van der Waals surface area contributed by atoms with Crippen molar-refractivity contribution in [2.24, 2.45) is 5.41 Å². The molecule has 8 nitrogen and oxygen atoms in total. The van der Waals surface area contributed by atoms with Gasteiger partial charge in [-0.25, -0.2) is 9.97 Å². The molecule has 1 N–H and O–H groups in total. The molecule has 1 aliphatic rings. The molecule has 162 valence electrons. The molecule has 0 saturated carbocycles. The number of halogens is 1. The predicted octanol–water partition coefficient (Wildman–Crippen LogP) is 2.07. The number of hydrogen-bond acceptors (Lipinski definition) is 7. The fourth-order valence-corrected chi connectivity index (χ4v) is 3.89. The van der Waals surface area contributed by atoms with E-state index >= 15 is 0 Å². The number of nitrogens with zero attached hydrogens (tertiary/aromatic N) is 4. The van der Waals surface area contributed by atoms with Gasteiger partial charge in [0.2, 0.25) is 11.8 Å². The topological polar surface area (TPSA) is 87.7 Å². The van der Waals surface area contributed by atoms with Crippen molar-refractivity contribution in [2.45, 2.75) is 38.9 Å². The van der Waals surface area contributed by atoms with Crippen LogP contribution < -0.4 is 10.2 Å². The van der Waals surface area contributed by atoms with E-state index in [4.69, 9.17) is 16.3 Å². The number of aromatic nitrogens is 2. The zero-order chi connectivity index (χ0) is 21.6. The second kappa shape index (κ2) is 10.4. The van der Waals surface area contributed by atoms with Crippen LogP contribution in [0.2, 0.25) is 5.15 Å². The summed E-state index contributed by atoms with van der Waals surface area (Å²) >= 11 is 7.43. The summed E-state index contributed by atoms with van der Waals surface area (Å²) < 4.78 is 4.91. The van der Waals surface area contributed by atoms with Crippen molar-refractivity contribution in [3.05, 3.63) is 11.2 Å². The minimum atomic E-state index is -0.401. The summed E-state index contributed by atoms with van der Waals surface area (Å²) in [5, 5.41) is 3.54. The lowest BCUT2D eigenvalue weighted by atomic mass is 9.93. The van der Waals surface area contributed by atoms with Gasteiger partial charge in [-0.1, -0.05) is 44.1 Å². The van der Waals surface area contributed by atoms with E-state index in [1.54, 1.807) is 13.2 Å². The third-order valence-electron chi connectivity index (χ3n) is 4.48. The van der Waals surface area contributed by atoms with E-state index in [1.807, 2.05) is 32.6 Å². The smallest absolute Gasteiger partial charge is 0.230 e. The minimum Gasteiger partial charge on any atom is -0.383 e. The van der Waals surface area contributed by atoms with Crippen molar-refractivity contribution in [1.82, 2.24) is 20.2 Å². The van der Waals surface area contributed by atoms with Gasteiger partial charge in [-0.2, -0.15) is 0 Å². The molecule has 1 fully saturated rings. The molecule has 0 aromatic carbocycles. The fraction of sp³-hybridized carbons (Fsp3) is 0.684. The number of rotatable bonds is 7. The lowest BCUT2D eigenvalue weighted by molar-refractivity contribution is -0.142. The molecule has 2 rings (SSSR count). The largest absolute Gasteiger partial charge is 0.383 e. The number of thioether (sulfide) groups is 1. The summed E-state index contributed by atoms with van der Waals surface area (Å²) in [6, 6.07) is 1.78. The molecule has 10 heteroatoms. The van der Waals surface area contributed by atoms with Crippen molar-refractivity contribution in [2.75, 3.05) is 50.5 Å². The van der Waals surface area contributed by atoms with Crippen LogP contribution in [0.1, 0.15) is 27.7 Å². The van der Waals surface area contributed by atoms with Crippen LogP contribution in [-0.4, -0.2) is 78.4 Å². The quantitative estimate of drug-likeness (QED) is 0.298. The van der Waals surface area contributed by atoms with Gasteiger partial charge in [0, 0.05) is 50.8 Å². The lowest BCUT2D eigenvalue weighted by Crippen LogP contribution is -2.56. The van der Waals surface area contributed by atoms with Crippen LogP contribution in [0.15, 0.2) is 11.2 Å². The molecule has 2 amide bonds. The molecule has 0 bridgehead atoms. The fourth-order valence-electron chi connectivity index (χ4n) is 2.98. The standard InChI is InChI=1S/C19H30ClN5O3S/c1-13-11-24(7-8-25(13)17(27)19(2,3)4)15-10-14(20)22-18(23-15)29-12-16(26)21-6-9-28-5/h10,13H,6-9,11-12H2,1-5H3,(H,21,26). The molecule has 1 aromatic rings. The molecule has 29 heavy (non-hydrogen) atoms. The third-order valence-corrected chi connectivity index (χ3v) is 5.52. The van der Waals surface area contributed by atoms with Gasteiger partial charge in [-0.15, -0.1) is 0 Å². The highest BCUT2D eigenvalue weighted by Crippen LogP contribution is 2.26. The van der Waals surface area contributed by atoms with Crippen LogP contribution >= 0.6 is 23.4 Å². The van der Waals surface area contributed by atoms with Crippen molar-refractivity contribution < 1.29 is 14.3 Å². The molecule has 1 aliphatic heterocycles. The number of amides is 2. The summed E-state index contributed by atoms with van der Waals surface area (Å²) in [6.45, 7) is 10.7. The maximum atomic E-state index is 12.6. The van der Waals surface area contributed by atoms with Gasteiger partial charge in [-0.05, 0) is 6.92 Å². The summed E-state index contributed by atoms with van der Waals surface area (Å²) in [6.07, 6.45) is 0. The Morgan fingerprint density at radius 2 is 2.07 bits per heavy atom. The molecule has 1 unspecified atom stereocenters. The second-order valence-corrected chi connectivity index (χ2v) is 9.34. The molecular weight excluding hydrogens is 414 g/mol. The average Bonchev–Trinajstić information content (AvgIpc) is 2.65. The minimum absolute atomic E-state index is 0.0619. The number of ether oxygens (including phenoxy) is 1. The van der Waals surface area contributed by atoms with Gasteiger partial charge in [-0.3, -0.25) is 9.59 Å². The van der Waals surface area contributed by atoms with Crippen LogP contribution in [0, 0.1) is 5.41 Å². The van der Waals surface area contributed by atoms with Gasteiger partial charge in [0.1, 0.15) is 11.0 Å². The van der Waals surface area contributed by atoms with Crippen molar-refractivity contribution in [3.63, 3.8) is 0 Å². The highest BCUT2D eigenvalue weighted by atomic mass is 35.5. The predicted molar refractivity (Wildman–Crippen MR) is 115 cm³/mol. The lowest BCUT2D eigenvalue weighted by Gasteiger charge is -2.42. The van der Waals surface area contributed by atoms with E-state index in [2.05, 4.69) is 20.2 Å². The zero-order valence-corrected chi connectivity index (χ0v) is 19.3. The Kier molecular flexibility index (Phi) is 8.54. The molecule has 1 saturated heterocycles. The van der Waals surface area contributed by atoms with Crippen molar-refractivity contribution >= 4 is 41.0 Å². The Labute approximate surface area is 181 Å². The maximum absolute atomic E-state index is 12.6. The van der Waals surface area contributed by atoms with E-state index < -0.39 is 5.41 Å². The van der Waals surface area contributed by atoms with E-state index in [1.165, 1.54) is 11.8 Å². The molecule has 0 radical (unpaired) electrons. The number of methoxy groups -OCH3 is 1. The SMILES string of the molecule is COCCNC(=O)CSc1nc(Cl)cc(N2CCN(C(=O)C(C)(C)C)C(C)C2)n1. The molecule has 1 atom stereocenters. The molecule has 1 aromatic heterocycles. The van der Waals surface area contributed by atoms with Crippen molar-refractivity contribution in [3.8, 4) is 0 Å². The van der Waals surface area contributed by atoms with Gasteiger partial charge >= 0.3 is 0 Å². The molecule has 0 aliphatic carbocycles. The number of nitrogens with one attached hydrogen (secondary N) is 1. The Hall–Kier alpha value is -1.58. The van der Waals surface area contributed by atoms with E-state index in [0.717, 1.165) is 0 Å². The summed E-state index contributed by atoms with van der Waals surface area (Å²) in [5.74, 6) is 0.955. The number of hydrogen-bond donors (Lipinski definition) is 1. The van der Waals surface area contributed by atoms with Crippen LogP contribution in [0.4, 0.5) is 5.82 Å². The first-order valence-corrected chi connectivity index (χ1v) is 11.0. The normalized spacial score (nSPS) is 17.4. The maximum Gasteiger partial charge on any atom is 0.230 e. The van der Waals surface area contributed by atoms with Gasteiger partial charge in [0.05, 0.1) is 12.4 Å². The van der Waals surface area contributed by atoms with E-state index in [-0.39, 0.29) is 23.6 Å². The summed E-state index contributed by atoms with van der Waals surface area (Å²) in [7, 11) is 1.59. The van der Waals surface area contributed by atoms with E-state index in [9.17, 15) is 9.59 Å². The number of carbonyl (C=O) groups is 2. The zero-order valence-electron chi connectivity index (χ0n) is 17.7. The van der Waals surface area contributed by atoms with Crippen LogP contribution in [0.25, 0.3) is 0 Å². The van der Waals surface area contributed by atoms with Crippen LogP contribution in [0.5, 0.6) is 0 Å². The molecule has 0 spiro atoms. The van der Waals surface area contributed by atoms with Crippen LogP contribution in [-0.2, 0) is 14.3 Å². The first-order valence-electron chi connectivity index (χ1n) is 9.61. The number of anilines is 1. The van der Waals surface area contributed by atoms with E-state index in [0.29, 0.717) is 48.9 Å². The van der Waals surface area contributed by atoms with Gasteiger partial charge < -0.3 is 19.9 Å². The number of piperazine rings is 1. The first kappa shape index (κ1) is 23.7.